The van der Waals surface area contributed by atoms with Gasteiger partial charge in [0.2, 0.25) is 11.7 Å². The molecule has 0 fully saturated rings. The van der Waals surface area contributed by atoms with Crippen molar-refractivity contribution in [3.8, 4) is 0 Å². The summed E-state index contributed by atoms with van der Waals surface area (Å²) in [6, 6.07) is 7.21. The van der Waals surface area contributed by atoms with E-state index in [9.17, 15) is 19.2 Å². The lowest BCUT2D eigenvalue weighted by Gasteiger charge is -2.25. The highest BCUT2D eigenvalue weighted by molar-refractivity contribution is 6.38. The van der Waals surface area contributed by atoms with E-state index in [1.165, 1.54) is 6.33 Å². The summed E-state index contributed by atoms with van der Waals surface area (Å²) >= 11 is 0. The molecule has 34 heavy (non-hydrogen) atoms. The van der Waals surface area contributed by atoms with Crippen molar-refractivity contribution in [2.75, 3.05) is 0 Å². The first-order chi connectivity index (χ1) is 16.3. The van der Waals surface area contributed by atoms with Gasteiger partial charge in [0, 0.05) is 24.0 Å². The molecule has 3 rings (SSSR count). The zero-order valence-corrected chi connectivity index (χ0v) is 19.2. The van der Waals surface area contributed by atoms with Crippen LogP contribution in [-0.2, 0) is 38.7 Å². The average molecular weight is 468 g/mol. The summed E-state index contributed by atoms with van der Waals surface area (Å²) in [5, 5.41) is 7.78. The van der Waals surface area contributed by atoms with E-state index >= 15 is 0 Å². The lowest BCUT2D eigenvalue weighted by atomic mass is 9.98. The number of alkyl carbamates (subject to hydrolysis) is 1. The zero-order chi connectivity index (χ0) is 24.5. The number of hydrogen-bond donors (Lipinski definition) is 3. The van der Waals surface area contributed by atoms with E-state index in [1.54, 1.807) is 20.0 Å². The van der Waals surface area contributed by atoms with E-state index in [0.717, 1.165) is 16.8 Å². The molecule has 2 aromatic rings. The van der Waals surface area contributed by atoms with Crippen molar-refractivity contribution in [3.63, 3.8) is 0 Å². The van der Waals surface area contributed by atoms with Gasteiger partial charge in [-0.2, -0.15) is 0 Å². The molecule has 180 valence electrons. The number of fused-ring (bicyclic) bond motifs is 1. The van der Waals surface area contributed by atoms with Gasteiger partial charge < -0.3 is 20.7 Å². The molecule has 0 saturated carbocycles. The average Bonchev–Trinajstić information content (AvgIpc) is 2.84. The SMILES string of the molecule is CC(C)C(NC(=O)OCc1ccccc1)C(=O)NC1CCCc2ncncc2CNC(=O)C1=O. The molecule has 3 amide bonds. The van der Waals surface area contributed by atoms with Crippen molar-refractivity contribution in [3.05, 3.63) is 59.7 Å². The van der Waals surface area contributed by atoms with Gasteiger partial charge in [0.1, 0.15) is 19.0 Å². The number of aryl methyl sites for hydroxylation is 1. The van der Waals surface area contributed by atoms with Crippen LogP contribution in [0.3, 0.4) is 0 Å². The number of hydrogen-bond acceptors (Lipinski definition) is 7. The maximum atomic E-state index is 13.0. The fourth-order valence-electron chi connectivity index (χ4n) is 3.61. The van der Waals surface area contributed by atoms with Crippen LogP contribution in [0.15, 0.2) is 42.9 Å². The summed E-state index contributed by atoms with van der Waals surface area (Å²) in [6.07, 6.45) is 3.67. The molecule has 0 spiro atoms. The topological polar surface area (TPSA) is 139 Å². The molecular weight excluding hydrogens is 438 g/mol. The van der Waals surface area contributed by atoms with Crippen molar-refractivity contribution in [2.45, 2.75) is 58.3 Å². The van der Waals surface area contributed by atoms with Crippen LogP contribution in [0.5, 0.6) is 0 Å². The molecular formula is C24H29N5O5. The van der Waals surface area contributed by atoms with Gasteiger partial charge in [0.05, 0.1) is 6.04 Å². The molecule has 3 N–H and O–H groups in total. The van der Waals surface area contributed by atoms with Gasteiger partial charge in [-0.3, -0.25) is 14.4 Å². The first kappa shape index (κ1) is 24.8. The fourth-order valence-corrected chi connectivity index (χ4v) is 3.61. The third-order valence-corrected chi connectivity index (χ3v) is 5.52. The summed E-state index contributed by atoms with van der Waals surface area (Å²) in [5.41, 5.74) is 2.36. The van der Waals surface area contributed by atoms with Crippen molar-refractivity contribution in [1.29, 1.82) is 0 Å². The number of ketones is 1. The number of amides is 3. The van der Waals surface area contributed by atoms with E-state index in [0.29, 0.717) is 12.8 Å². The molecule has 0 aliphatic carbocycles. The van der Waals surface area contributed by atoms with Crippen LogP contribution in [0.4, 0.5) is 4.79 Å². The Hall–Kier alpha value is -3.82. The van der Waals surface area contributed by atoms with Gasteiger partial charge in [0.15, 0.2) is 0 Å². The standard InChI is InChI=1S/C24H29N5O5/c1-15(2)20(29-24(33)34-13-16-7-4-3-5-8-16)22(31)28-19-10-6-9-18-17(11-25-14-27-18)12-26-23(32)21(19)30/h3-5,7-8,11,14-15,19-20H,6,9-10,12-13H2,1-2H3,(H,26,32)(H,28,31)(H,29,33). The van der Waals surface area contributed by atoms with E-state index < -0.39 is 35.8 Å². The molecule has 1 aliphatic heterocycles. The van der Waals surface area contributed by atoms with Gasteiger partial charge in [-0.15, -0.1) is 0 Å². The smallest absolute Gasteiger partial charge is 0.408 e. The van der Waals surface area contributed by atoms with E-state index in [2.05, 4.69) is 25.9 Å². The Labute approximate surface area is 197 Å². The summed E-state index contributed by atoms with van der Waals surface area (Å²) in [7, 11) is 0. The van der Waals surface area contributed by atoms with E-state index in [1.807, 2.05) is 30.3 Å². The minimum absolute atomic E-state index is 0.0609. The predicted octanol–water partition coefficient (Wildman–Crippen LogP) is 1.43. The molecule has 2 unspecified atom stereocenters. The Morgan fingerprint density at radius 1 is 1.21 bits per heavy atom. The Morgan fingerprint density at radius 3 is 2.71 bits per heavy atom. The van der Waals surface area contributed by atoms with Crippen LogP contribution >= 0.6 is 0 Å². The van der Waals surface area contributed by atoms with Gasteiger partial charge in [-0.1, -0.05) is 44.2 Å². The highest BCUT2D eigenvalue weighted by Crippen LogP contribution is 2.13. The quantitative estimate of drug-likeness (QED) is 0.546. The Morgan fingerprint density at radius 2 is 1.97 bits per heavy atom. The van der Waals surface area contributed by atoms with Crippen LogP contribution < -0.4 is 16.0 Å². The van der Waals surface area contributed by atoms with Gasteiger partial charge in [0.25, 0.3) is 5.91 Å². The zero-order valence-electron chi connectivity index (χ0n) is 19.2. The summed E-state index contributed by atoms with van der Waals surface area (Å²) < 4.78 is 5.21. The molecule has 2 atom stereocenters. The molecule has 1 aromatic carbocycles. The van der Waals surface area contributed by atoms with Gasteiger partial charge >= 0.3 is 6.09 Å². The Kier molecular flexibility index (Phi) is 8.66. The lowest BCUT2D eigenvalue weighted by Crippen LogP contribution is -2.55. The first-order valence-corrected chi connectivity index (χ1v) is 11.2. The largest absolute Gasteiger partial charge is 0.445 e. The van der Waals surface area contributed by atoms with Crippen molar-refractivity contribution in [2.24, 2.45) is 5.92 Å². The second-order valence-corrected chi connectivity index (χ2v) is 8.42. The van der Waals surface area contributed by atoms with Crippen LogP contribution in [0.1, 0.15) is 43.5 Å². The number of nitrogens with zero attached hydrogens (tertiary/aromatic N) is 2. The van der Waals surface area contributed by atoms with Gasteiger partial charge in [-0.05, 0) is 30.7 Å². The molecule has 10 heteroatoms. The number of ether oxygens (including phenoxy) is 1. The maximum Gasteiger partial charge on any atom is 0.408 e. The number of aromatic nitrogens is 2. The van der Waals surface area contributed by atoms with Crippen molar-refractivity contribution < 1.29 is 23.9 Å². The van der Waals surface area contributed by atoms with Crippen LogP contribution in [0.2, 0.25) is 0 Å². The summed E-state index contributed by atoms with van der Waals surface area (Å²) in [5.74, 6) is -2.37. The first-order valence-electron chi connectivity index (χ1n) is 11.2. The molecule has 0 bridgehead atoms. The number of carbonyl (C=O) groups is 4. The minimum atomic E-state index is -1.01. The molecule has 1 aliphatic rings. The van der Waals surface area contributed by atoms with E-state index in [4.69, 9.17) is 4.74 Å². The van der Waals surface area contributed by atoms with Crippen LogP contribution in [0.25, 0.3) is 0 Å². The second-order valence-electron chi connectivity index (χ2n) is 8.42. The normalized spacial score (nSPS) is 17.2. The summed E-state index contributed by atoms with van der Waals surface area (Å²) in [4.78, 5) is 58.6. The van der Waals surface area contributed by atoms with Crippen molar-refractivity contribution >= 4 is 23.7 Å². The van der Waals surface area contributed by atoms with Crippen LogP contribution in [0, 0.1) is 5.92 Å². The summed E-state index contributed by atoms with van der Waals surface area (Å²) in [6.45, 7) is 3.72. The molecule has 2 heterocycles. The predicted molar refractivity (Wildman–Crippen MR) is 122 cm³/mol. The Bertz CT molecular complexity index is 1030. The minimum Gasteiger partial charge on any atom is -0.445 e. The monoisotopic (exact) mass is 467 g/mol. The third kappa shape index (κ3) is 6.84. The highest BCUT2D eigenvalue weighted by Gasteiger charge is 2.32. The molecule has 0 saturated heterocycles. The maximum absolute atomic E-state index is 13.0. The van der Waals surface area contributed by atoms with Crippen LogP contribution in [-0.4, -0.2) is 45.7 Å². The number of rotatable bonds is 6. The number of nitrogens with one attached hydrogen (secondary N) is 3. The van der Waals surface area contributed by atoms with Gasteiger partial charge in [-0.25, -0.2) is 14.8 Å². The third-order valence-electron chi connectivity index (χ3n) is 5.52. The molecule has 10 nitrogen and oxygen atoms in total. The Balaban J connectivity index is 1.62. The second kappa shape index (κ2) is 11.9. The van der Waals surface area contributed by atoms with Crippen molar-refractivity contribution in [1.82, 2.24) is 25.9 Å². The lowest BCUT2D eigenvalue weighted by molar-refractivity contribution is -0.140. The highest BCUT2D eigenvalue weighted by atomic mass is 16.5. The van der Waals surface area contributed by atoms with E-state index in [-0.39, 0.29) is 25.5 Å². The fraction of sp³-hybridized carbons (Fsp3) is 0.417. The molecule has 1 aromatic heterocycles. The number of benzene rings is 1. The number of carbonyl (C=O) groups excluding carboxylic acids is 4. The molecule has 0 radical (unpaired) electrons. The number of Topliss-reactive ketones (excluding diaryl/α,β-unsaturated/α-hetero) is 1.